The Morgan fingerprint density at radius 1 is 1.50 bits per heavy atom. The zero-order valence-corrected chi connectivity index (χ0v) is 16.4. The van der Waals surface area contributed by atoms with Crippen molar-refractivity contribution in [1.29, 1.82) is 0 Å². The molecule has 0 aromatic carbocycles. The lowest BCUT2D eigenvalue weighted by Crippen LogP contribution is -2.17. The van der Waals surface area contributed by atoms with Gasteiger partial charge >= 0.3 is 5.97 Å². The number of halogens is 1. The van der Waals surface area contributed by atoms with E-state index in [2.05, 4.69) is 21.9 Å². The number of amides is 1. The number of carbonyl (C=O) groups is 2. The number of methoxy groups -OCH3 is 1. The van der Waals surface area contributed by atoms with Gasteiger partial charge in [-0.2, -0.15) is 0 Å². The average Bonchev–Trinajstić information content (AvgIpc) is 3.21. The number of hydrogen-bond acceptors (Lipinski definition) is 7. The zero-order chi connectivity index (χ0) is 18.7. The van der Waals surface area contributed by atoms with Gasteiger partial charge in [-0.1, -0.05) is 29.4 Å². The number of hydrogen-bond donors (Lipinski definition) is 1. The molecule has 9 heteroatoms. The van der Waals surface area contributed by atoms with Crippen LogP contribution in [0.4, 0.5) is 5.00 Å². The molecule has 1 aliphatic carbocycles. The molecule has 6 nitrogen and oxygen atoms in total. The molecule has 136 valence electrons. The summed E-state index contributed by atoms with van der Waals surface area (Å²) < 4.78 is 4.89. The van der Waals surface area contributed by atoms with E-state index in [0.717, 1.165) is 29.7 Å². The number of nitrogens with one attached hydrogen (secondary N) is 1. The van der Waals surface area contributed by atoms with E-state index in [1.807, 2.05) is 0 Å². The number of anilines is 1. The minimum atomic E-state index is -0.483. The second-order valence-electron chi connectivity index (χ2n) is 5.46. The summed E-state index contributed by atoms with van der Waals surface area (Å²) in [6.45, 7) is 3.64. The van der Waals surface area contributed by atoms with Gasteiger partial charge in [-0.15, -0.1) is 17.9 Å². The minimum absolute atomic E-state index is 0.0672. The lowest BCUT2D eigenvalue weighted by atomic mass is 10.1. The van der Waals surface area contributed by atoms with Crippen molar-refractivity contribution in [3.05, 3.63) is 45.6 Å². The van der Waals surface area contributed by atoms with E-state index in [0.29, 0.717) is 21.5 Å². The maximum Gasteiger partial charge on any atom is 0.341 e. The molecule has 2 aromatic heterocycles. The highest BCUT2D eigenvalue weighted by Gasteiger charge is 2.28. The number of fused-ring (bicyclic) bond motifs is 1. The number of aryl methyl sites for hydroxylation is 1. The van der Waals surface area contributed by atoms with Gasteiger partial charge in [0.15, 0.2) is 10.9 Å². The highest BCUT2D eigenvalue weighted by molar-refractivity contribution is 7.99. The molecule has 0 saturated heterocycles. The van der Waals surface area contributed by atoms with E-state index >= 15 is 0 Å². The summed E-state index contributed by atoms with van der Waals surface area (Å²) in [4.78, 5) is 34.3. The average molecular weight is 410 g/mol. The molecule has 26 heavy (non-hydrogen) atoms. The normalized spacial score (nSPS) is 12.5. The van der Waals surface area contributed by atoms with Gasteiger partial charge in [0.1, 0.15) is 5.00 Å². The number of aromatic nitrogens is 2. The van der Waals surface area contributed by atoms with Gasteiger partial charge in [0.2, 0.25) is 0 Å². The third-order valence-corrected chi connectivity index (χ3v) is 6.15. The highest BCUT2D eigenvalue weighted by Crippen LogP contribution is 2.39. The predicted octanol–water partition coefficient (Wildman–Crippen LogP) is 4.00. The Hall–Kier alpha value is -1.90. The molecule has 0 aliphatic heterocycles. The van der Waals surface area contributed by atoms with Gasteiger partial charge in [-0.05, 0) is 24.8 Å². The van der Waals surface area contributed by atoms with Gasteiger partial charge in [-0.3, -0.25) is 4.79 Å². The summed E-state index contributed by atoms with van der Waals surface area (Å²) >= 11 is 8.84. The van der Waals surface area contributed by atoms with Crippen molar-refractivity contribution >= 4 is 51.6 Å². The monoisotopic (exact) mass is 409 g/mol. The Morgan fingerprint density at radius 2 is 2.31 bits per heavy atom. The van der Waals surface area contributed by atoms with Crippen molar-refractivity contribution in [2.75, 3.05) is 18.2 Å². The molecule has 0 radical (unpaired) electrons. The maximum absolute atomic E-state index is 12.7. The van der Waals surface area contributed by atoms with Crippen LogP contribution in [0.1, 0.15) is 37.7 Å². The van der Waals surface area contributed by atoms with Crippen LogP contribution in [-0.2, 0) is 17.6 Å². The van der Waals surface area contributed by atoms with Crippen molar-refractivity contribution in [2.24, 2.45) is 0 Å². The number of thiophene rings is 1. The lowest BCUT2D eigenvalue weighted by Gasteiger charge is -2.08. The molecule has 0 bridgehead atoms. The first-order chi connectivity index (χ1) is 12.5. The summed E-state index contributed by atoms with van der Waals surface area (Å²) in [7, 11) is 1.33. The van der Waals surface area contributed by atoms with E-state index < -0.39 is 11.9 Å². The molecule has 0 fully saturated rings. The Morgan fingerprint density at radius 3 is 3.04 bits per heavy atom. The Labute approximate surface area is 164 Å². The Kier molecular flexibility index (Phi) is 5.95. The van der Waals surface area contributed by atoms with Crippen LogP contribution in [0.15, 0.2) is 24.0 Å². The van der Waals surface area contributed by atoms with Crippen molar-refractivity contribution in [3.8, 4) is 0 Å². The number of carbonyl (C=O) groups excluding carboxylic acids is 2. The van der Waals surface area contributed by atoms with Crippen LogP contribution >= 0.6 is 34.7 Å². The van der Waals surface area contributed by atoms with Crippen molar-refractivity contribution < 1.29 is 14.3 Å². The van der Waals surface area contributed by atoms with E-state index in [1.54, 1.807) is 6.08 Å². The fraction of sp³-hybridized carbons (Fsp3) is 0.294. The second-order valence-corrected chi connectivity index (χ2v) is 7.96. The van der Waals surface area contributed by atoms with Crippen molar-refractivity contribution in [3.63, 3.8) is 0 Å². The molecule has 2 heterocycles. The first kappa shape index (κ1) is 18.9. The van der Waals surface area contributed by atoms with Gasteiger partial charge in [0.05, 0.1) is 23.9 Å². The minimum Gasteiger partial charge on any atom is -0.465 e. The van der Waals surface area contributed by atoms with Gasteiger partial charge in [-0.25, -0.2) is 14.8 Å². The third kappa shape index (κ3) is 3.77. The number of esters is 1. The second kappa shape index (κ2) is 8.20. The molecular formula is C17H16ClN3O3S2. The molecule has 2 aromatic rings. The van der Waals surface area contributed by atoms with Crippen LogP contribution in [0.25, 0.3) is 0 Å². The SMILES string of the molecule is C=CCSc1ncc(Cl)c(C(=O)Nc2sc3c(c2C(=O)OC)CCC3)n1. The molecule has 1 N–H and O–H groups in total. The van der Waals surface area contributed by atoms with Crippen LogP contribution in [0.3, 0.4) is 0 Å². The van der Waals surface area contributed by atoms with Gasteiger partial charge < -0.3 is 10.1 Å². The van der Waals surface area contributed by atoms with Gasteiger partial charge in [0.25, 0.3) is 5.91 Å². The summed E-state index contributed by atoms with van der Waals surface area (Å²) in [6, 6.07) is 0. The molecule has 3 rings (SSSR count). The molecule has 0 atom stereocenters. The molecule has 0 spiro atoms. The van der Waals surface area contributed by atoms with Crippen LogP contribution in [0, 0.1) is 0 Å². The number of nitrogens with zero attached hydrogens (tertiary/aromatic N) is 2. The van der Waals surface area contributed by atoms with Crippen molar-refractivity contribution in [1.82, 2.24) is 9.97 Å². The Bertz CT molecular complexity index is 882. The summed E-state index contributed by atoms with van der Waals surface area (Å²) in [5, 5.41) is 3.82. The molecule has 1 aliphatic rings. The number of ether oxygens (including phenoxy) is 1. The summed E-state index contributed by atoms with van der Waals surface area (Å²) in [5.74, 6) is -0.314. The van der Waals surface area contributed by atoms with Crippen LogP contribution in [0.2, 0.25) is 5.02 Å². The molecule has 0 unspecified atom stereocenters. The lowest BCUT2D eigenvalue weighted by molar-refractivity contribution is 0.0601. The fourth-order valence-corrected chi connectivity index (χ4v) is 4.69. The zero-order valence-electron chi connectivity index (χ0n) is 14.0. The fourth-order valence-electron chi connectivity index (χ4n) is 2.69. The molecule has 0 saturated carbocycles. The topological polar surface area (TPSA) is 81.2 Å². The largest absolute Gasteiger partial charge is 0.465 e. The van der Waals surface area contributed by atoms with Crippen LogP contribution < -0.4 is 5.32 Å². The molecular weight excluding hydrogens is 394 g/mol. The molecule has 1 amide bonds. The quantitative estimate of drug-likeness (QED) is 0.336. The van der Waals surface area contributed by atoms with E-state index in [-0.39, 0.29) is 10.7 Å². The smallest absolute Gasteiger partial charge is 0.341 e. The van der Waals surface area contributed by atoms with Crippen LogP contribution in [-0.4, -0.2) is 34.7 Å². The number of thioether (sulfide) groups is 1. The van der Waals surface area contributed by atoms with Gasteiger partial charge in [0, 0.05) is 10.6 Å². The maximum atomic E-state index is 12.7. The predicted molar refractivity (Wildman–Crippen MR) is 104 cm³/mol. The standard InChI is InChI=1S/C17H16ClN3O3S2/c1-3-7-25-17-19-8-10(18)13(20-17)14(22)21-15-12(16(23)24-2)9-5-4-6-11(9)26-15/h3,8H,1,4-7H2,2H3,(H,21,22). The van der Waals surface area contributed by atoms with E-state index in [1.165, 1.54) is 36.4 Å². The summed E-state index contributed by atoms with van der Waals surface area (Å²) in [5.41, 5.74) is 1.47. The van der Waals surface area contributed by atoms with Crippen molar-refractivity contribution in [2.45, 2.75) is 24.4 Å². The number of rotatable bonds is 6. The first-order valence-corrected chi connectivity index (χ1v) is 10.0. The van der Waals surface area contributed by atoms with E-state index in [9.17, 15) is 9.59 Å². The highest BCUT2D eigenvalue weighted by atomic mass is 35.5. The van der Waals surface area contributed by atoms with E-state index in [4.69, 9.17) is 16.3 Å². The third-order valence-electron chi connectivity index (χ3n) is 3.81. The summed E-state index contributed by atoms with van der Waals surface area (Å²) in [6.07, 6.45) is 5.82. The van der Waals surface area contributed by atoms with Crippen LogP contribution in [0.5, 0.6) is 0 Å². The Balaban J connectivity index is 1.89. The first-order valence-electron chi connectivity index (χ1n) is 7.85.